The maximum absolute atomic E-state index is 11.9. The number of carbonyl (C=O) groups excluding carboxylic acids is 2. The van der Waals surface area contributed by atoms with Crippen molar-refractivity contribution in [3.63, 3.8) is 0 Å². The fraction of sp³-hybridized carbons (Fsp3) is 0.846. The first kappa shape index (κ1) is 21.2. The highest BCUT2D eigenvalue weighted by atomic mass is 16.7. The van der Waals surface area contributed by atoms with Crippen LogP contribution in [0.3, 0.4) is 0 Å². The van der Waals surface area contributed by atoms with Crippen LogP contribution in [0.4, 0.5) is 0 Å². The molecular weight excluding hydrogens is 344 g/mol. The van der Waals surface area contributed by atoms with Gasteiger partial charge in [0, 0.05) is 11.8 Å². The summed E-state index contributed by atoms with van der Waals surface area (Å²) in [5, 5.41) is 52.6. The lowest BCUT2D eigenvalue weighted by molar-refractivity contribution is -0.545. The van der Waals surface area contributed by atoms with E-state index in [0.29, 0.717) is 0 Å². The van der Waals surface area contributed by atoms with Crippen LogP contribution >= 0.6 is 0 Å². The van der Waals surface area contributed by atoms with Gasteiger partial charge in [0.2, 0.25) is 11.9 Å². The minimum absolute atomic E-state index is 0.144. The Morgan fingerprint density at radius 1 is 1.48 bits per heavy atom. The highest BCUT2D eigenvalue weighted by Crippen LogP contribution is 2.32. The molecule has 0 unspecified atom stereocenters. The summed E-state index contributed by atoms with van der Waals surface area (Å²) in [4.78, 5) is 33.8. The Labute approximate surface area is 142 Å². The molecular formula is C13H22N2O10. The first-order chi connectivity index (χ1) is 11.6. The van der Waals surface area contributed by atoms with Gasteiger partial charge in [-0.25, -0.2) is 4.79 Å². The monoisotopic (exact) mass is 366 g/mol. The van der Waals surface area contributed by atoms with Gasteiger partial charge in [0.15, 0.2) is 0 Å². The number of aliphatic hydroxyl groups is 4. The van der Waals surface area contributed by atoms with Crippen LogP contribution in [0.2, 0.25) is 0 Å². The number of amides is 1. The van der Waals surface area contributed by atoms with E-state index in [0.717, 1.165) is 6.92 Å². The van der Waals surface area contributed by atoms with Gasteiger partial charge in [0.05, 0.1) is 19.6 Å². The standard InChI is InChI=1S/C13H22N2O10/c1-3-24-12(20)13(21)4-7(15(22)23)9(14-6(2)17)11(25-13)10(19)8(18)5-16/h7-11,16,18-19,21H,3-5H2,1-2H3,(H,14,17)/t7-,8-,9-,10-,11-,13+/m1/s1. The smallest absolute Gasteiger partial charge is 0.366 e. The summed E-state index contributed by atoms with van der Waals surface area (Å²) >= 11 is 0. The number of hydrogen-bond acceptors (Lipinski definition) is 10. The van der Waals surface area contributed by atoms with Crippen molar-refractivity contribution in [2.45, 2.75) is 56.5 Å². The highest BCUT2D eigenvalue weighted by Gasteiger charge is 2.59. The van der Waals surface area contributed by atoms with E-state index in [2.05, 4.69) is 10.1 Å². The van der Waals surface area contributed by atoms with Gasteiger partial charge < -0.3 is 35.2 Å². The second-order valence-corrected chi connectivity index (χ2v) is 5.61. The quantitative estimate of drug-likeness (QED) is 0.175. The number of ether oxygens (including phenoxy) is 2. The Bertz CT molecular complexity index is 515. The second kappa shape index (κ2) is 8.49. The Hall–Kier alpha value is -1.86. The third-order valence-electron chi connectivity index (χ3n) is 3.74. The first-order valence-corrected chi connectivity index (χ1v) is 7.52. The van der Waals surface area contributed by atoms with E-state index in [1.54, 1.807) is 0 Å². The SMILES string of the molecule is CCOC(=O)[C@]1(O)C[C@@H]([N+](=O)[O-])[C@@H](NC(C)=O)[C@H]([C@H](O)[C@H](O)CO)O1. The van der Waals surface area contributed by atoms with Crippen LogP contribution in [0.1, 0.15) is 20.3 Å². The molecule has 12 heteroatoms. The average Bonchev–Trinajstić information content (AvgIpc) is 2.54. The number of carbonyl (C=O) groups is 2. The largest absolute Gasteiger partial charge is 0.462 e. The van der Waals surface area contributed by atoms with Gasteiger partial charge in [0.25, 0.3) is 5.79 Å². The van der Waals surface area contributed by atoms with Crippen LogP contribution in [-0.2, 0) is 19.1 Å². The minimum Gasteiger partial charge on any atom is -0.462 e. The molecule has 1 amide bonds. The average molecular weight is 366 g/mol. The van der Waals surface area contributed by atoms with Gasteiger partial charge >= 0.3 is 5.97 Å². The molecule has 0 aliphatic carbocycles. The summed E-state index contributed by atoms with van der Waals surface area (Å²) in [6, 6.07) is -3.20. The zero-order valence-corrected chi connectivity index (χ0v) is 13.7. The van der Waals surface area contributed by atoms with Crippen LogP contribution in [-0.4, -0.2) is 86.6 Å². The number of nitrogens with one attached hydrogen (secondary N) is 1. The predicted octanol–water partition coefficient (Wildman–Crippen LogP) is -3.11. The number of rotatable bonds is 7. The van der Waals surface area contributed by atoms with Crippen molar-refractivity contribution >= 4 is 11.9 Å². The van der Waals surface area contributed by atoms with E-state index >= 15 is 0 Å². The molecule has 1 aliphatic heterocycles. The maximum atomic E-state index is 11.9. The molecule has 0 spiro atoms. The first-order valence-electron chi connectivity index (χ1n) is 7.52. The Morgan fingerprint density at radius 3 is 2.52 bits per heavy atom. The number of aliphatic hydroxyl groups excluding tert-OH is 3. The van der Waals surface area contributed by atoms with Crippen LogP contribution in [0.25, 0.3) is 0 Å². The van der Waals surface area contributed by atoms with Crippen molar-refractivity contribution in [3.8, 4) is 0 Å². The zero-order valence-electron chi connectivity index (χ0n) is 13.7. The van der Waals surface area contributed by atoms with Crippen LogP contribution < -0.4 is 5.32 Å². The fourth-order valence-corrected chi connectivity index (χ4v) is 2.58. The van der Waals surface area contributed by atoms with Gasteiger partial charge in [-0.3, -0.25) is 14.9 Å². The summed E-state index contributed by atoms with van der Waals surface area (Å²) in [7, 11) is 0. The molecule has 6 atom stereocenters. The molecule has 12 nitrogen and oxygen atoms in total. The Balaban J connectivity index is 3.28. The van der Waals surface area contributed by atoms with E-state index in [-0.39, 0.29) is 6.61 Å². The number of hydrogen-bond donors (Lipinski definition) is 5. The van der Waals surface area contributed by atoms with E-state index in [1.807, 2.05) is 0 Å². The van der Waals surface area contributed by atoms with E-state index in [1.165, 1.54) is 6.92 Å². The normalized spacial score (nSPS) is 31.7. The number of nitro groups is 1. The van der Waals surface area contributed by atoms with Crippen LogP contribution in [0.5, 0.6) is 0 Å². The molecule has 1 heterocycles. The zero-order chi connectivity index (χ0) is 19.4. The van der Waals surface area contributed by atoms with Gasteiger partial charge in [-0.1, -0.05) is 0 Å². The molecule has 0 radical (unpaired) electrons. The molecule has 1 saturated heterocycles. The molecule has 0 saturated carbocycles. The molecule has 1 aliphatic rings. The van der Waals surface area contributed by atoms with Gasteiger partial charge in [-0.2, -0.15) is 0 Å². The summed E-state index contributed by atoms with van der Waals surface area (Å²) in [6.07, 6.45) is -6.34. The summed E-state index contributed by atoms with van der Waals surface area (Å²) in [6.45, 7) is 1.44. The van der Waals surface area contributed by atoms with Crippen molar-refractivity contribution < 1.29 is 44.4 Å². The van der Waals surface area contributed by atoms with Crippen molar-refractivity contribution in [2.24, 2.45) is 0 Å². The molecule has 0 aromatic heterocycles. The third kappa shape index (κ3) is 4.83. The molecule has 0 bridgehead atoms. The van der Waals surface area contributed by atoms with E-state index < -0.39 is 66.0 Å². The fourth-order valence-electron chi connectivity index (χ4n) is 2.58. The second-order valence-electron chi connectivity index (χ2n) is 5.61. The van der Waals surface area contributed by atoms with Gasteiger partial charge in [-0.15, -0.1) is 0 Å². The summed E-state index contributed by atoms with van der Waals surface area (Å²) < 4.78 is 9.73. The molecule has 1 fully saturated rings. The third-order valence-corrected chi connectivity index (χ3v) is 3.74. The Morgan fingerprint density at radius 2 is 2.08 bits per heavy atom. The maximum Gasteiger partial charge on any atom is 0.366 e. The highest BCUT2D eigenvalue weighted by molar-refractivity contribution is 5.78. The lowest BCUT2D eigenvalue weighted by atomic mass is 9.87. The molecule has 0 aromatic rings. The van der Waals surface area contributed by atoms with E-state index in [9.17, 15) is 35.0 Å². The topological polar surface area (TPSA) is 189 Å². The van der Waals surface area contributed by atoms with Crippen LogP contribution in [0, 0.1) is 10.1 Å². The predicted molar refractivity (Wildman–Crippen MR) is 78.6 cm³/mol. The van der Waals surface area contributed by atoms with Crippen molar-refractivity contribution in [1.82, 2.24) is 5.32 Å². The molecule has 0 aromatic carbocycles. The minimum atomic E-state index is -2.76. The van der Waals surface area contributed by atoms with Gasteiger partial charge in [-0.05, 0) is 6.92 Å². The van der Waals surface area contributed by atoms with Crippen molar-refractivity contribution in [1.29, 1.82) is 0 Å². The van der Waals surface area contributed by atoms with Crippen molar-refractivity contribution in [2.75, 3.05) is 13.2 Å². The lowest BCUT2D eigenvalue weighted by Crippen LogP contribution is -2.68. The van der Waals surface area contributed by atoms with Crippen LogP contribution in [0.15, 0.2) is 0 Å². The Kier molecular flexibility index (Phi) is 7.19. The number of nitrogens with zero attached hydrogens (tertiary/aromatic N) is 1. The van der Waals surface area contributed by atoms with E-state index in [4.69, 9.17) is 9.84 Å². The molecule has 1 rings (SSSR count). The number of esters is 1. The van der Waals surface area contributed by atoms with Crippen molar-refractivity contribution in [3.05, 3.63) is 10.1 Å². The lowest BCUT2D eigenvalue weighted by Gasteiger charge is -2.43. The summed E-state index contributed by atoms with van der Waals surface area (Å²) in [5.41, 5.74) is 0. The summed E-state index contributed by atoms with van der Waals surface area (Å²) in [5.74, 6) is -4.76. The molecule has 144 valence electrons. The van der Waals surface area contributed by atoms with Gasteiger partial charge in [0.1, 0.15) is 24.4 Å². The molecule has 5 N–H and O–H groups in total. The molecule has 25 heavy (non-hydrogen) atoms.